The summed E-state index contributed by atoms with van der Waals surface area (Å²) in [5, 5.41) is 13.4. The van der Waals surface area contributed by atoms with E-state index < -0.39 is 5.60 Å². The molecule has 2 rings (SSSR count). The van der Waals surface area contributed by atoms with Crippen LogP contribution in [0.3, 0.4) is 0 Å². The SMILES string of the molecule is CN(CCCNC(=O)CC(C)(O)c1ccccc1)c1ccccc1. The molecule has 0 saturated heterocycles. The van der Waals surface area contributed by atoms with E-state index in [-0.39, 0.29) is 12.3 Å². The molecule has 0 spiro atoms. The topological polar surface area (TPSA) is 52.6 Å². The maximum absolute atomic E-state index is 12.1. The number of carbonyl (C=O) groups excluding carboxylic acids is 1. The van der Waals surface area contributed by atoms with Crippen molar-refractivity contribution in [1.29, 1.82) is 0 Å². The lowest BCUT2D eigenvalue weighted by Crippen LogP contribution is -2.34. The Kier molecular flexibility index (Phi) is 6.38. The van der Waals surface area contributed by atoms with Crippen LogP contribution in [0.1, 0.15) is 25.3 Å². The van der Waals surface area contributed by atoms with Gasteiger partial charge in [-0.1, -0.05) is 48.5 Å². The Hall–Kier alpha value is -2.33. The first kappa shape index (κ1) is 18.0. The molecule has 1 atom stereocenters. The largest absolute Gasteiger partial charge is 0.385 e. The van der Waals surface area contributed by atoms with E-state index in [1.54, 1.807) is 6.92 Å². The van der Waals surface area contributed by atoms with Gasteiger partial charge in [0.05, 0.1) is 12.0 Å². The highest BCUT2D eigenvalue weighted by Crippen LogP contribution is 2.23. The van der Waals surface area contributed by atoms with Gasteiger partial charge in [-0.15, -0.1) is 0 Å². The zero-order chi connectivity index (χ0) is 17.4. The van der Waals surface area contributed by atoms with Gasteiger partial charge in [0.25, 0.3) is 0 Å². The number of benzene rings is 2. The summed E-state index contributed by atoms with van der Waals surface area (Å²) in [5.41, 5.74) is 0.770. The van der Waals surface area contributed by atoms with Crippen LogP contribution in [0.15, 0.2) is 60.7 Å². The van der Waals surface area contributed by atoms with E-state index in [0.717, 1.165) is 24.2 Å². The van der Waals surface area contributed by atoms with Crippen LogP contribution in [-0.2, 0) is 10.4 Å². The Labute approximate surface area is 144 Å². The van der Waals surface area contributed by atoms with Gasteiger partial charge in [-0.3, -0.25) is 4.79 Å². The fourth-order valence-electron chi connectivity index (χ4n) is 2.63. The third-order valence-corrected chi connectivity index (χ3v) is 4.09. The summed E-state index contributed by atoms with van der Waals surface area (Å²) in [6, 6.07) is 19.4. The lowest BCUT2D eigenvalue weighted by atomic mass is 9.92. The molecule has 1 amide bonds. The van der Waals surface area contributed by atoms with E-state index in [1.165, 1.54) is 0 Å². The Morgan fingerprint density at radius 3 is 2.29 bits per heavy atom. The normalized spacial score (nSPS) is 13.1. The minimum absolute atomic E-state index is 0.0610. The first-order valence-electron chi connectivity index (χ1n) is 8.30. The highest BCUT2D eigenvalue weighted by molar-refractivity contribution is 5.77. The minimum Gasteiger partial charge on any atom is -0.385 e. The summed E-state index contributed by atoms with van der Waals surface area (Å²) in [6.07, 6.45) is 0.913. The van der Waals surface area contributed by atoms with Crippen molar-refractivity contribution in [2.24, 2.45) is 0 Å². The van der Waals surface area contributed by atoms with Crippen LogP contribution in [0, 0.1) is 0 Å². The van der Waals surface area contributed by atoms with Crippen molar-refractivity contribution in [2.45, 2.75) is 25.4 Å². The molecular weight excluding hydrogens is 300 g/mol. The first-order valence-corrected chi connectivity index (χ1v) is 8.30. The number of anilines is 1. The van der Waals surface area contributed by atoms with Crippen molar-refractivity contribution >= 4 is 11.6 Å². The van der Waals surface area contributed by atoms with Gasteiger partial charge < -0.3 is 15.3 Å². The summed E-state index contributed by atoms with van der Waals surface area (Å²) in [4.78, 5) is 14.2. The van der Waals surface area contributed by atoms with Gasteiger partial charge in [-0.2, -0.15) is 0 Å². The molecule has 0 saturated carbocycles. The quantitative estimate of drug-likeness (QED) is 0.733. The Bertz CT molecular complexity index is 627. The predicted molar refractivity (Wildman–Crippen MR) is 98.0 cm³/mol. The van der Waals surface area contributed by atoms with Crippen molar-refractivity contribution in [2.75, 3.05) is 25.0 Å². The molecule has 24 heavy (non-hydrogen) atoms. The summed E-state index contributed by atoms with van der Waals surface area (Å²) >= 11 is 0. The third kappa shape index (κ3) is 5.39. The summed E-state index contributed by atoms with van der Waals surface area (Å²) in [5.74, 6) is -0.133. The van der Waals surface area contributed by atoms with Gasteiger partial charge in [-0.05, 0) is 31.0 Å². The molecule has 4 heteroatoms. The van der Waals surface area contributed by atoms with Gasteiger partial charge in [0.15, 0.2) is 0 Å². The molecule has 0 heterocycles. The van der Waals surface area contributed by atoms with Gasteiger partial charge in [0.2, 0.25) is 5.91 Å². The number of rotatable bonds is 8. The van der Waals surface area contributed by atoms with Gasteiger partial charge >= 0.3 is 0 Å². The molecule has 0 fully saturated rings. The standard InChI is InChI=1S/C20H26N2O2/c1-20(24,17-10-5-3-6-11-17)16-19(23)21-14-9-15-22(2)18-12-7-4-8-13-18/h3-8,10-13,24H,9,14-16H2,1-2H3,(H,21,23). The summed E-state index contributed by atoms with van der Waals surface area (Å²) in [7, 11) is 2.04. The van der Waals surface area contributed by atoms with E-state index in [2.05, 4.69) is 22.3 Å². The molecule has 1 unspecified atom stereocenters. The van der Waals surface area contributed by atoms with Crippen LogP contribution >= 0.6 is 0 Å². The average molecular weight is 326 g/mol. The smallest absolute Gasteiger partial charge is 0.223 e. The molecule has 0 radical (unpaired) electrons. The van der Waals surface area contributed by atoms with Crippen molar-refractivity contribution in [3.63, 3.8) is 0 Å². The number of nitrogens with zero attached hydrogens (tertiary/aromatic N) is 1. The third-order valence-electron chi connectivity index (χ3n) is 4.09. The molecule has 0 aliphatic heterocycles. The lowest BCUT2D eigenvalue weighted by Gasteiger charge is -2.23. The molecule has 2 aromatic carbocycles. The second-order valence-corrected chi connectivity index (χ2v) is 6.28. The number of amides is 1. The molecule has 0 bridgehead atoms. The molecule has 0 aliphatic carbocycles. The first-order chi connectivity index (χ1) is 11.5. The van der Waals surface area contributed by atoms with Gasteiger partial charge in [0, 0.05) is 25.8 Å². The second kappa shape index (κ2) is 8.50. The highest BCUT2D eigenvalue weighted by atomic mass is 16.3. The van der Waals surface area contributed by atoms with E-state index in [9.17, 15) is 9.90 Å². The fourth-order valence-corrected chi connectivity index (χ4v) is 2.63. The fraction of sp³-hybridized carbons (Fsp3) is 0.350. The van der Waals surface area contributed by atoms with Crippen molar-refractivity contribution in [3.8, 4) is 0 Å². The number of hydrogen-bond donors (Lipinski definition) is 2. The molecule has 2 N–H and O–H groups in total. The predicted octanol–water partition coefficient (Wildman–Crippen LogP) is 2.93. The minimum atomic E-state index is -1.15. The lowest BCUT2D eigenvalue weighted by molar-refractivity contribution is -0.125. The van der Waals surface area contributed by atoms with Gasteiger partial charge in [-0.25, -0.2) is 0 Å². The Morgan fingerprint density at radius 2 is 1.67 bits per heavy atom. The van der Waals surface area contributed by atoms with E-state index in [0.29, 0.717) is 6.54 Å². The Morgan fingerprint density at radius 1 is 1.08 bits per heavy atom. The van der Waals surface area contributed by atoms with Crippen LogP contribution in [0.5, 0.6) is 0 Å². The molecule has 2 aromatic rings. The molecule has 4 nitrogen and oxygen atoms in total. The van der Waals surface area contributed by atoms with E-state index >= 15 is 0 Å². The number of carbonyl (C=O) groups is 1. The van der Waals surface area contributed by atoms with E-state index in [1.807, 2.05) is 55.6 Å². The van der Waals surface area contributed by atoms with E-state index in [4.69, 9.17) is 0 Å². The summed E-state index contributed by atoms with van der Waals surface area (Å²) in [6.45, 7) is 3.13. The van der Waals surface area contributed by atoms with Crippen LogP contribution in [0.2, 0.25) is 0 Å². The van der Waals surface area contributed by atoms with Crippen LogP contribution < -0.4 is 10.2 Å². The number of para-hydroxylation sites is 1. The molecule has 0 aromatic heterocycles. The van der Waals surface area contributed by atoms with Crippen LogP contribution in [-0.4, -0.2) is 31.2 Å². The summed E-state index contributed by atoms with van der Waals surface area (Å²) < 4.78 is 0. The molecule has 0 aliphatic rings. The maximum atomic E-state index is 12.1. The number of hydrogen-bond acceptors (Lipinski definition) is 3. The van der Waals surface area contributed by atoms with Crippen molar-refractivity contribution in [3.05, 3.63) is 66.2 Å². The van der Waals surface area contributed by atoms with Crippen molar-refractivity contribution in [1.82, 2.24) is 5.32 Å². The van der Waals surface area contributed by atoms with Crippen LogP contribution in [0.4, 0.5) is 5.69 Å². The Balaban J connectivity index is 1.72. The zero-order valence-corrected chi connectivity index (χ0v) is 14.4. The zero-order valence-electron chi connectivity index (χ0n) is 14.4. The molecular formula is C20H26N2O2. The van der Waals surface area contributed by atoms with Crippen LogP contribution in [0.25, 0.3) is 0 Å². The highest BCUT2D eigenvalue weighted by Gasteiger charge is 2.26. The molecule has 128 valence electrons. The number of aliphatic hydroxyl groups is 1. The average Bonchev–Trinajstić information content (AvgIpc) is 2.59. The maximum Gasteiger partial charge on any atom is 0.223 e. The van der Waals surface area contributed by atoms with Crippen molar-refractivity contribution < 1.29 is 9.90 Å². The monoisotopic (exact) mass is 326 g/mol. The second-order valence-electron chi connectivity index (χ2n) is 6.28. The number of nitrogens with one attached hydrogen (secondary N) is 1. The van der Waals surface area contributed by atoms with Gasteiger partial charge in [0.1, 0.15) is 0 Å².